The summed E-state index contributed by atoms with van der Waals surface area (Å²) in [6.07, 6.45) is 0. The van der Waals surface area contributed by atoms with Gasteiger partial charge in [0.2, 0.25) is 11.1 Å². The second kappa shape index (κ2) is 7.92. The van der Waals surface area contributed by atoms with Crippen LogP contribution in [0.2, 0.25) is 0 Å². The van der Waals surface area contributed by atoms with Crippen molar-refractivity contribution in [3.8, 4) is 5.69 Å². The molecule has 0 saturated carbocycles. The lowest BCUT2D eigenvalue weighted by atomic mass is 10.1. The van der Waals surface area contributed by atoms with Gasteiger partial charge in [0.15, 0.2) is 5.78 Å². The fourth-order valence-corrected chi connectivity index (χ4v) is 3.14. The number of carbonyl (C=O) groups is 2. The van der Waals surface area contributed by atoms with Crippen LogP contribution in [0.4, 0.5) is 5.69 Å². The number of para-hydroxylation sites is 2. The Kier molecular flexibility index (Phi) is 5.43. The first-order valence-electron chi connectivity index (χ1n) is 7.97. The number of carbonyl (C=O) groups excluding carboxylic acids is 2. The summed E-state index contributed by atoms with van der Waals surface area (Å²) in [5, 5.41) is 14.5. The highest BCUT2D eigenvalue weighted by Gasteiger charge is 2.20. The van der Waals surface area contributed by atoms with Gasteiger partial charge >= 0.3 is 0 Å². The predicted octanol–water partition coefficient (Wildman–Crippen LogP) is 2.98. The van der Waals surface area contributed by atoms with E-state index in [2.05, 4.69) is 20.8 Å². The van der Waals surface area contributed by atoms with Gasteiger partial charge in [-0.25, -0.2) is 0 Å². The third-order valence-corrected chi connectivity index (χ3v) is 4.69. The first kappa shape index (κ1) is 17.8. The largest absolute Gasteiger partial charge is 0.324 e. The van der Waals surface area contributed by atoms with E-state index in [4.69, 9.17) is 0 Å². The van der Waals surface area contributed by atoms with Crippen molar-refractivity contribution < 1.29 is 9.59 Å². The maximum Gasteiger partial charge on any atom is 0.237 e. The number of thioether (sulfide) groups is 1. The number of benzene rings is 2. The molecule has 26 heavy (non-hydrogen) atoms. The van der Waals surface area contributed by atoms with Gasteiger partial charge in [-0.1, -0.05) is 42.1 Å². The van der Waals surface area contributed by atoms with Crippen molar-refractivity contribution in [3.05, 3.63) is 60.2 Å². The van der Waals surface area contributed by atoms with Gasteiger partial charge in [-0.15, -0.1) is 5.10 Å². The molecule has 2 aromatic carbocycles. The first-order valence-corrected chi connectivity index (χ1v) is 8.85. The smallest absolute Gasteiger partial charge is 0.237 e. The minimum Gasteiger partial charge on any atom is -0.324 e. The SMILES string of the molecule is CC(=O)c1ccccc1NC(=O)[C@@H](C)Sc1nnnn1-c1ccccc1. The summed E-state index contributed by atoms with van der Waals surface area (Å²) in [7, 11) is 0. The van der Waals surface area contributed by atoms with Crippen molar-refractivity contribution in [1.29, 1.82) is 0 Å². The standard InChI is InChI=1S/C18H17N5O2S/c1-12(24)15-10-6-7-11-16(15)19-17(25)13(2)26-18-20-21-22-23(18)14-8-4-3-5-9-14/h3-11,13H,1-2H3,(H,19,25)/t13-/m1/s1. The molecule has 0 spiro atoms. The van der Waals surface area contributed by atoms with Crippen LogP contribution >= 0.6 is 11.8 Å². The Hall–Kier alpha value is -3.00. The highest BCUT2D eigenvalue weighted by atomic mass is 32.2. The fourth-order valence-electron chi connectivity index (χ4n) is 2.33. The van der Waals surface area contributed by atoms with Gasteiger partial charge in [-0.05, 0) is 48.5 Å². The van der Waals surface area contributed by atoms with Gasteiger partial charge in [-0.2, -0.15) is 4.68 Å². The monoisotopic (exact) mass is 367 g/mol. The summed E-state index contributed by atoms with van der Waals surface area (Å²) in [5.74, 6) is -0.333. The molecule has 7 nitrogen and oxygen atoms in total. The molecule has 1 aromatic heterocycles. The molecule has 132 valence electrons. The Bertz CT molecular complexity index is 926. The molecule has 0 aliphatic carbocycles. The van der Waals surface area contributed by atoms with E-state index in [-0.39, 0.29) is 11.7 Å². The summed E-state index contributed by atoms with van der Waals surface area (Å²) in [4.78, 5) is 24.2. The van der Waals surface area contributed by atoms with E-state index in [0.29, 0.717) is 16.4 Å². The number of tetrazole rings is 1. The van der Waals surface area contributed by atoms with Crippen LogP contribution in [0, 0.1) is 0 Å². The molecular weight excluding hydrogens is 350 g/mol. The van der Waals surface area contributed by atoms with E-state index in [0.717, 1.165) is 5.69 Å². The Labute approximate surface area is 154 Å². The van der Waals surface area contributed by atoms with Crippen molar-refractivity contribution in [2.24, 2.45) is 0 Å². The van der Waals surface area contributed by atoms with E-state index in [1.54, 1.807) is 35.9 Å². The maximum absolute atomic E-state index is 12.5. The number of rotatable bonds is 6. The molecule has 3 aromatic rings. The summed E-state index contributed by atoms with van der Waals surface area (Å²) < 4.78 is 1.58. The minimum absolute atomic E-state index is 0.103. The van der Waals surface area contributed by atoms with E-state index in [9.17, 15) is 9.59 Å². The summed E-state index contributed by atoms with van der Waals surface area (Å²) in [5.41, 5.74) is 1.79. The van der Waals surface area contributed by atoms with Crippen LogP contribution < -0.4 is 5.32 Å². The van der Waals surface area contributed by atoms with Gasteiger partial charge in [0.25, 0.3) is 0 Å². The molecule has 1 atom stereocenters. The molecule has 0 fully saturated rings. The van der Waals surface area contributed by atoms with Crippen molar-refractivity contribution in [2.45, 2.75) is 24.3 Å². The van der Waals surface area contributed by atoms with Crippen LogP contribution in [-0.4, -0.2) is 37.1 Å². The number of hydrogen-bond acceptors (Lipinski definition) is 6. The van der Waals surface area contributed by atoms with E-state index >= 15 is 0 Å². The number of hydrogen-bond donors (Lipinski definition) is 1. The summed E-state index contributed by atoms with van der Waals surface area (Å²) in [6.45, 7) is 3.23. The molecule has 0 radical (unpaired) electrons. The highest BCUT2D eigenvalue weighted by Crippen LogP contribution is 2.24. The second-order valence-electron chi connectivity index (χ2n) is 5.56. The Morgan fingerprint density at radius 3 is 2.50 bits per heavy atom. The minimum atomic E-state index is -0.455. The molecule has 0 unspecified atom stereocenters. The zero-order chi connectivity index (χ0) is 18.5. The average Bonchev–Trinajstić information content (AvgIpc) is 3.10. The first-order chi connectivity index (χ1) is 12.6. The Morgan fingerprint density at radius 1 is 1.08 bits per heavy atom. The number of aromatic nitrogens is 4. The van der Waals surface area contributed by atoms with Gasteiger partial charge < -0.3 is 5.32 Å². The molecule has 0 saturated heterocycles. The lowest BCUT2D eigenvalue weighted by Gasteiger charge is -2.13. The van der Waals surface area contributed by atoms with Crippen LogP contribution in [0.1, 0.15) is 24.2 Å². The summed E-state index contributed by atoms with van der Waals surface area (Å²) >= 11 is 1.24. The fraction of sp³-hybridized carbons (Fsp3) is 0.167. The molecule has 1 N–H and O–H groups in total. The van der Waals surface area contributed by atoms with Crippen molar-refractivity contribution >= 4 is 29.1 Å². The normalized spacial score (nSPS) is 11.8. The Balaban J connectivity index is 1.74. The molecule has 1 amide bonds. The number of amides is 1. The van der Waals surface area contributed by atoms with Crippen LogP contribution in [0.5, 0.6) is 0 Å². The average molecular weight is 367 g/mol. The molecule has 8 heteroatoms. The molecule has 0 aliphatic rings. The van der Waals surface area contributed by atoms with Crippen molar-refractivity contribution in [1.82, 2.24) is 20.2 Å². The quantitative estimate of drug-likeness (QED) is 0.532. The van der Waals surface area contributed by atoms with Gasteiger partial charge in [-0.3, -0.25) is 9.59 Å². The lowest BCUT2D eigenvalue weighted by Crippen LogP contribution is -2.24. The van der Waals surface area contributed by atoms with Crippen molar-refractivity contribution in [3.63, 3.8) is 0 Å². The van der Waals surface area contributed by atoms with Crippen LogP contribution in [0.3, 0.4) is 0 Å². The van der Waals surface area contributed by atoms with E-state index in [1.165, 1.54) is 18.7 Å². The number of ketones is 1. The van der Waals surface area contributed by atoms with E-state index < -0.39 is 5.25 Å². The maximum atomic E-state index is 12.5. The third-order valence-electron chi connectivity index (χ3n) is 3.66. The zero-order valence-corrected chi connectivity index (χ0v) is 15.1. The third kappa shape index (κ3) is 3.97. The van der Waals surface area contributed by atoms with Crippen LogP contribution in [-0.2, 0) is 4.79 Å². The number of Topliss-reactive ketones (excluding diaryl/α,β-unsaturated/α-hetero) is 1. The van der Waals surface area contributed by atoms with Crippen molar-refractivity contribution in [2.75, 3.05) is 5.32 Å². The second-order valence-corrected chi connectivity index (χ2v) is 6.87. The van der Waals surface area contributed by atoms with E-state index in [1.807, 2.05) is 30.3 Å². The molecule has 1 heterocycles. The van der Waals surface area contributed by atoms with Gasteiger partial charge in [0.1, 0.15) is 0 Å². The molecular formula is C18H17N5O2S. The number of nitrogens with zero attached hydrogens (tertiary/aromatic N) is 4. The number of anilines is 1. The lowest BCUT2D eigenvalue weighted by molar-refractivity contribution is -0.115. The number of nitrogens with one attached hydrogen (secondary N) is 1. The summed E-state index contributed by atoms with van der Waals surface area (Å²) in [6, 6.07) is 16.4. The van der Waals surface area contributed by atoms with Crippen LogP contribution in [0.25, 0.3) is 5.69 Å². The molecule has 0 aliphatic heterocycles. The Morgan fingerprint density at radius 2 is 1.77 bits per heavy atom. The zero-order valence-electron chi connectivity index (χ0n) is 14.3. The topological polar surface area (TPSA) is 89.8 Å². The highest BCUT2D eigenvalue weighted by molar-refractivity contribution is 8.00. The molecule has 3 rings (SSSR count). The molecule has 0 bridgehead atoms. The van der Waals surface area contributed by atoms with Gasteiger partial charge in [0, 0.05) is 5.56 Å². The predicted molar refractivity (Wildman–Crippen MR) is 99.5 cm³/mol. The van der Waals surface area contributed by atoms with Crippen LogP contribution in [0.15, 0.2) is 59.8 Å². The van der Waals surface area contributed by atoms with Gasteiger partial charge in [0.05, 0.1) is 16.6 Å².